The van der Waals surface area contributed by atoms with E-state index in [1.165, 1.54) is 0 Å². The number of allylic oxidation sites excluding steroid dienone is 30. The van der Waals surface area contributed by atoms with E-state index < -0.39 is 67.3 Å². The predicted molar refractivity (Wildman–Crippen MR) is 348 cm³/mol. The molecule has 3 N–H and O–H groups in total. The summed E-state index contributed by atoms with van der Waals surface area (Å²) in [6, 6.07) is 0. The third kappa shape index (κ3) is 47.7. The molecular weight excluding hydrogens is 1070 g/mol. The van der Waals surface area contributed by atoms with E-state index >= 15 is 0 Å². The molecule has 1 aliphatic heterocycles. The highest BCUT2D eigenvalue weighted by Crippen LogP contribution is 2.26. The minimum atomic E-state index is -1.95. The summed E-state index contributed by atoms with van der Waals surface area (Å²) in [7, 11) is 0. The zero-order valence-corrected chi connectivity index (χ0v) is 52.0. The van der Waals surface area contributed by atoms with Crippen molar-refractivity contribution in [2.24, 2.45) is 0 Å². The number of aliphatic carboxylic acids is 1. The lowest BCUT2D eigenvalue weighted by molar-refractivity contribution is -0.301. The van der Waals surface area contributed by atoms with Crippen LogP contribution in [0, 0.1) is 0 Å². The fourth-order valence-electron chi connectivity index (χ4n) is 8.23. The van der Waals surface area contributed by atoms with Crippen LogP contribution >= 0.6 is 0 Å². The summed E-state index contributed by atoms with van der Waals surface area (Å²) in [5, 5.41) is 31.6. The van der Waals surface area contributed by atoms with Gasteiger partial charge in [-0.2, -0.15) is 0 Å². The zero-order chi connectivity index (χ0) is 61.7. The number of carboxylic acids is 1. The van der Waals surface area contributed by atoms with Gasteiger partial charge in [0, 0.05) is 19.3 Å². The van der Waals surface area contributed by atoms with Gasteiger partial charge in [0.15, 0.2) is 24.6 Å². The van der Waals surface area contributed by atoms with Gasteiger partial charge in [0.25, 0.3) is 0 Å². The topological polar surface area (TPSA) is 175 Å². The average Bonchev–Trinajstić information content (AvgIpc) is 2.79. The molecule has 6 unspecified atom stereocenters. The SMILES string of the molecule is CC/C=C\C/C=C\C/C=C\C/C=C\C/C=C\C/C=C\CCC(=O)OC1C(OCC(COC(=O)CCCCC/C=C\C/C=C\C/C=C\C/C=C\C/C=C\CC)OC(=O)CCCCCC/C=C\C/C=C\C/C=C\C/C=C\CC)OC(C(=O)O)C(O)C1O. The lowest BCUT2D eigenvalue weighted by Gasteiger charge is -2.40. The number of aliphatic hydroxyl groups excluding tert-OH is 2. The van der Waals surface area contributed by atoms with E-state index in [0.717, 1.165) is 135 Å². The number of aliphatic hydroxyl groups is 2. The van der Waals surface area contributed by atoms with Gasteiger partial charge in [-0.25, -0.2) is 4.79 Å². The van der Waals surface area contributed by atoms with Crippen molar-refractivity contribution in [2.45, 2.75) is 237 Å². The molecule has 0 bridgehead atoms. The van der Waals surface area contributed by atoms with Gasteiger partial charge in [-0.1, -0.05) is 222 Å². The molecule has 0 saturated carbocycles. The molecule has 1 fully saturated rings. The molecule has 0 spiro atoms. The largest absolute Gasteiger partial charge is 0.479 e. The van der Waals surface area contributed by atoms with Gasteiger partial charge in [-0.15, -0.1) is 0 Å². The van der Waals surface area contributed by atoms with Crippen molar-refractivity contribution in [3.05, 3.63) is 182 Å². The Morgan fingerprint density at radius 1 is 0.388 bits per heavy atom. The van der Waals surface area contributed by atoms with Crippen molar-refractivity contribution in [2.75, 3.05) is 13.2 Å². The van der Waals surface area contributed by atoms with E-state index in [1.54, 1.807) is 0 Å². The van der Waals surface area contributed by atoms with Gasteiger partial charge >= 0.3 is 23.9 Å². The number of carboxylic acid groups (broad SMARTS) is 1. The minimum absolute atomic E-state index is 0.0828. The number of carbonyl (C=O) groups is 4. The van der Waals surface area contributed by atoms with Crippen molar-refractivity contribution in [1.29, 1.82) is 0 Å². The standard InChI is InChI=1S/C73H108O12/c1-4-7-10-13-16-19-22-25-28-31-33-36-38-41-44-47-50-53-56-59-65(74)81-62-64(83-66(75)60-57-54-51-48-45-42-39-35-30-27-24-21-18-15-12-9-6-3)63-82-73-71(69(78)68(77)70(85-73)72(79)80)84-67(76)61-58-55-52-49-46-43-40-37-34-32-29-26-23-20-17-14-11-8-5-2/h7-12,16-21,25-30,33-34,36-37,39,41-44,46,52,55,64,68-71,73,77-78H,4-6,13-15,22-24,31-32,35,38,40,45,47-51,53-54,56-63H2,1-3H3,(H,79,80)/b10-7-,11-8-,12-9-,19-16-,20-17-,21-18-,28-25-,29-26-,30-27-,36-33-,37-34-,42-39-,44-41-,46-43-,55-52-. The first-order valence-corrected chi connectivity index (χ1v) is 31.8. The molecule has 1 rings (SSSR count). The molecule has 1 aliphatic rings. The first-order valence-electron chi connectivity index (χ1n) is 31.8. The zero-order valence-electron chi connectivity index (χ0n) is 52.0. The number of hydrogen-bond donors (Lipinski definition) is 3. The van der Waals surface area contributed by atoms with Crippen LogP contribution in [0.4, 0.5) is 0 Å². The number of hydrogen-bond acceptors (Lipinski definition) is 11. The molecule has 6 atom stereocenters. The molecule has 0 aromatic rings. The molecular formula is C73H108O12. The van der Waals surface area contributed by atoms with Gasteiger partial charge in [-0.05, 0) is 141 Å². The van der Waals surface area contributed by atoms with Crippen LogP contribution < -0.4 is 0 Å². The molecule has 85 heavy (non-hydrogen) atoms. The molecule has 0 aromatic carbocycles. The van der Waals surface area contributed by atoms with E-state index in [2.05, 4.69) is 185 Å². The number of unbranched alkanes of at least 4 members (excludes halogenated alkanes) is 7. The van der Waals surface area contributed by atoms with Crippen molar-refractivity contribution >= 4 is 23.9 Å². The second-order valence-corrected chi connectivity index (χ2v) is 20.5. The molecule has 0 amide bonds. The maximum absolute atomic E-state index is 13.2. The summed E-state index contributed by atoms with van der Waals surface area (Å²) in [6.45, 7) is 5.56. The Hall–Kier alpha value is -6.18. The summed E-state index contributed by atoms with van der Waals surface area (Å²) in [5.74, 6) is -3.34. The fraction of sp³-hybridized carbons (Fsp3) is 0.534. The van der Waals surface area contributed by atoms with Crippen molar-refractivity contribution in [3.8, 4) is 0 Å². The summed E-state index contributed by atoms with van der Waals surface area (Å²) in [5.41, 5.74) is 0. The van der Waals surface area contributed by atoms with Gasteiger partial charge in [0.1, 0.15) is 18.8 Å². The second-order valence-electron chi connectivity index (χ2n) is 20.5. The van der Waals surface area contributed by atoms with E-state index in [1.807, 2.05) is 18.2 Å². The molecule has 472 valence electrons. The highest BCUT2D eigenvalue weighted by atomic mass is 16.7. The van der Waals surface area contributed by atoms with Crippen molar-refractivity contribution in [1.82, 2.24) is 0 Å². The van der Waals surface area contributed by atoms with E-state index in [-0.39, 0.29) is 25.9 Å². The quantitative estimate of drug-likeness (QED) is 0.0228. The molecule has 1 heterocycles. The maximum Gasteiger partial charge on any atom is 0.335 e. The van der Waals surface area contributed by atoms with E-state index in [4.69, 9.17) is 23.7 Å². The van der Waals surface area contributed by atoms with Crippen LogP contribution in [-0.4, -0.2) is 89.2 Å². The monoisotopic (exact) mass is 1180 g/mol. The number of esters is 3. The van der Waals surface area contributed by atoms with Crippen LogP contribution in [0.3, 0.4) is 0 Å². The normalized spacial score (nSPS) is 18.7. The molecule has 0 radical (unpaired) electrons. The average molecular weight is 1180 g/mol. The number of rotatable bonds is 51. The third-order valence-corrected chi connectivity index (χ3v) is 13.0. The second kappa shape index (κ2) is 58.2. The van der Waals surface area contributed by atoms with E-state index in [0.29, 0.717) is 25.7 Å². The van der Waals surface area contributed by atoms with Gasteiger partial charge in [-0.3, -0.25) is 14.4 Å². The Labute approximate surface area is 512 Å². The Bertz CT molecular complexity index is 2180. The first-order chi connectivity index (χ1) is 41.6. The van der Waals surface area contributed by atoms with Crippen LogP contribution in [0.5, 0.6) is 0 Å². The molecule has 0 aromatic heterocycles. The smallest absolute Gasteiger partial charge is 0.335 e. The Balaban J connectivity index is 2.77. The van der Waals surface area contributed by atoms with Crippen LogP contribution in [0.25, 0.3) is 0 Å². The Kier molecular flexibility index (Phi) is 52.6. The van der Waals surface area contributed by atoms with Crippen molar-refractivity contribution < 1.29 is 58.2 Å². The summed E-state index contributed by atoms with van der Waals surface area (Å²) in [6.07, 6.45) is 75.7. The fourth-order valence-corrected chi connectivity index (χ4v) is 8.23. The molecule has 1 saturated heterocycles. The molecule has 12 heteroatoms. The van der Waals surface area contributed by atoms with Crippen LogP contribution in [0.15, 0.2) is 182 Å². The molecule has 0 aliphatic carbocycles. The van der Waals surface area contributed by atoms with Gasteiger partial charge < -0.3 is 39.0 Å². The van der Waals surface area contributed by atoms with Gasteiger partial charge in [0.05, 0.1) is 6.61 Å². The van der Waals surface area contributed by atoms with Crippen molar-refractivity contribution in [3.63, 3.8) is 0 Å². The Morgan fingerprint density at radius 2 is 0.729 bits per heavy atom. The minimum Gasteiger partial charge on any atom is -0.479 e. The third-order valence-electron chi connectivity index (χ3n) is 13.0. The van der Waals surface area contributed by atoms with Crippen LogP contribution in [-0.2, 0) is 42.9 Å². The first kappa shape index (κ1) is 76.8. The summed E-state index contributed by atoms with van der Waals surface area (Å²) >= 11 is 0. The summed E-state index contributed by atoms with van der Waals surface area (Å²) in [4.78, 5) is 51.3. The lowest BCUT2D eigenvalue weighted by atomic mass is 9.98. The Morgan fingerprint density at radius 3 is 1.12 bits per heavy atom. The highest BCUT2D eigenvalue weighted by molar-refractivity contribution is 5.74. The highest BCUT2D eigenvalue weighted by Gasteiger charge is 2.50. The lowest BCUT2D eigenvalue weighted by Crippen LogP contribution is -2.61. The van der Waals surface area contributed by atoms with Crippen LogP contribution in [0.1, 0.15) is 201 Å². The van der Waals surface area contributed by atoms with Gasteiger partial charge in [0.2, 0.25) is 0 Å². The van der Waals surface area contributed by atoms with Crippen LogP contribution in [0.2, 0.25) is 0 Å². The maximum atomic E-state index is 13.2. The number of ether oxygens (including phenoxy) is 5. The summed E-state index contributed by atoms with van der Waals surface area (Å²) < 4.78 is 28.4. The number of carbonyl (C=O) groups excluding carboxylic acids is 3. The molecule has 12 nitrogen and oxygen atoms in total. The predicted octanol–water partition coefficient (Wildman–Crippen LogP) is 17.2. The van der Waals surface area contributed by atoms with E-state index in [9.17, 15) is 34.5 Å².